The van der Waals surface area contributed by atoms with Gasteiger partial charge in [0.1, 0.15) is 0 Å². The van der Waals surface area contributed by atoms with Gasteiger partial charge in [0.15, 0.2) is 0 Å². The molecule has 1 aromatic carbocycles. The Balaban J connectivity index is 2.14. The van der Waals surface area contributed by atoms with E-state index in [0.717, 1.165) is 0 Å². The fraction of sp³-hybridized carbons (Fsp3) is 0. The highest BCUT2D eigenvalue weighted by Gasteiger charge is 2.06. The summed E-state index contributed by atoms with van der Waals surface area (Å²) in [5.74, 6) is -0.910. The summed E-state index contributed by atoms with van der Waals surface area (Å²) < 4.78 is 12.6. The fourth-order valence-corrected chi connectivity index (χ4v) is 1.47. The second kappa shape index (κ2) is 4.93. The third-order valence-corrected chi connectivity index (χ3v) is 2.31. The summed E-state index contributed by atoms with van der Waals surface area (Å²) in [7, 11) is 0. The van der Waals surface area contributed by atoms with Crippen LogP contribution < -0.4 is 5.32 Å². The fourth-order valence-electron chi connectivity index (χ4n) is 1.28. The Labute approximate surface area is 102 Å². The lowest BCUT2D eigenvalue weighted by atomic mass is 10.2. The van der Waals surface area contributed by atoms with E-state index >= 15 is 0 Å². The van der Waals surface area contributed by atoms with E-state index in [1.807, 2.05) is 0 Å². The van der Waals surface area contributed by atoms with Crippen molar-refractivity contribution in [1.29, 1.82) is 0 Å². The SMILES string of the molecule is O=C(Nc1ccc(F)nc1)c1cccc(Cl)c1. The number of hydrogen-bond donors (Lipinski definition) is 1. The van der Waals surface area contributed by atoms with Crippen molar-refractivity contribution in [2.45, 2.75) is 0 Å². The number of rotatable bonds is 2. The Morgan fingerprint density at radius 2 is 2.12 bits per heavy atom. The maximum Gasteiger partial charge on any atom is 0.255 e. The van der Waals surface area contributed by atoms with Crippen molar-refractivity contribution in [3.8, 4) is 0 Å². The molecule has 0 aliphatic rings. The van der Waals surface area contributed by atoms with Gasteiger partial charge in [-0.05, 0) is 30.3 Å². The van der Waals surface area contributed by atoms with Crippen molar-refractivity contribution in [2.75, 3.05) is 5.32 Å². The molecule has 0 aliphatic heterocycles. The molecule has 0 saturated carbocycles. The summed E-state index contributed by atoms with van der Waals surface area (Å²) in [6.45, 7) is 0. The summed E-state index contributed by atoms with van der Waals surface area (Å²) in [5.41, 5.74) is 0.859. The van der Waals surface area contributed by atoms with Gasteiger partial charge in [-0.2, -0.15) is 4.39 Å². The van der Waals surface area contributed by atoms with Gasteiger partial charge in [0.05, 0.1) is 11.9 Å². The average Bonchev–Trinajstić information content (AvgIpc) is 2.32. The van der Waals surface area contributed by atoms with E-state index in [1.54, 1.807) is 24.3 Å². The minimum Gasteiger partial charge on any atom is -0.321 e. The molecule has 17 heavy (non-hydrogen) atoms. The van der Waals surface area contributed by atoms with Crippen LogP contribution in [0.25, 0.3) is 0 Å². The van der Waals surface area contributed by atoms with Crippen LogP contribution in [0.1, 0.15) is 10.4 Å². The maximum absolute atomic E-state index is 12.6. The van der Waals surface area contributed by atoms with Gasteiger partial charge in [-0.3, -0.25) is 4.79 Å². The Kier molecular flexibility index (Phi) is 3.35. The highest BCUT2D eigenvalue weighted by atomic mass is 35.5. The highest BCUT2D eigenvalue weighted by Crippen LogP contribution is 2.13. The molecule has 0 radical (unpaired) electrons. The van der Waals surface area contributed by atoms with E-state index in [4.69, 9.17) is 11.6 Å². The number of anilines is 1. The van der Waals surface area contributed by atoms with Crippen molar-refractivity contribution in [1.82, 2.24) is 4.98 Å². The molecule has 1 aromatic heterocycles. The quantitative estimate of drug-likeness (QED) is 0.832. The zero-order valence-electron chi connectivity index (χ0n) is 8.65. The first-order valence-corrected chi connectivity index (χ1v) is 5.21. The normalized spacial score (nSPS) is 10.0. The lowest BCUT2D eigenvalue weighted by Crippen LogP contribution is -2.11. The molecule has 0 fully saturated rings. The number of aromatic nitrogens is 1. The molecule has 1 heterocycles. The molecule has 2 rings (SSSR count). The maximum atomic E-state index is 12.6. The van der Waals surface area contributed by atoms with E-state index in [-0.39, 0.29) is 5.91 Å². The van der Waals surface area contributed by atoms with Gasteiger partial charge in [0.25, 0.3) is 5.91 Å². The number of benzene rings is 1. The van der Waals surface area contributed by atoms with Crippen LogP contribution in [0.2, 0.25) is 5.02 Å². The van der Waals surface area contributed by atoms with E-state index < -0.39 is 5.95 Å². The molecule has 1 amide bonds. The van der Waals surface area contributed by atoms with Crippen LogP contribution in [0.4, 0.5) is 10.1 Å². The summed E-state index contributed by atoms with van der Waals surface area (Å²) in [5, 5.41) is 3.07. The minimum absolute atomic E-state index is 0.319. The smallest absolute Gasteiger partial charge is 0.255 e. The number of hydrogen-bond acceptors (Lipinski definition) is 2. The van der Waals surface area contributed by atoms with Crippen LogP contribution in [0, 0.1) is 5.95 Å². The minimum atomic E-state index is -0.592. The Morgan fingerprint density at radius 1 is 1.29 bits per heavy atom. The van der Waals surface area contributed by atoms with Crippen molar-refractivity contribution < 1.29 is 9.18 Å². The van der Waals surface area contributed by atoms with E-state index in [1.165, 1.54) is 18.3 Å². The van der Waals surface area contributed by atoms with Crippen LogP contribution in [-0.2, 0) is 0 Å². The van der Waals surface area contributed by atoms with Gasteiger partial charge in [0, 0.05) is 10.6 Å². The van der Waals surface area contributed by atoms with Crippen molar-refractivity contribution in [3.63, 3.8) is 0 Å². The van der Waals surface area contributed by atoms with E-state index in [9.17, 15) is 9.18 Å². The number of amides is 1. The molecule has 1 N–H and O–H groups in total. The number of halogens is 2. The molecule has 3 nitrogen and oxygen atoms in total. The Bertz CT molecular complexity index is 542. The molecular formula is C12H8ClFN2O. The van der Waals surface area contributed by atoms with Crippen LogP contribution in [-0.4, -0.2) is 10.9 Å². The molecule has 0 spiro atoms. The standard InChI is InChI=1S/C12H8ClFN2O/c13-9-3-1-2-8(6-9)12(17)16-10-4-5-11(14)15-7-10/h1-7H,(H,16,17). The van der Waals surface area contributed by atoms with Crippen LogP contribution >= 0.6 is 11.6 Å². The van der Waals surface area contributed by atoms with Gasteiger partial charge in [-0.25, -0.2) is 4.98 Å². The van der Waals surface area contributed by atoms with Crippen molar-refractivity contribution in [2.24, 2.45) is 0 Å². The van der Waals surface area contributed by atoms with Crippen LogP contribution in [0.15, 0.2) is 42.6 Å². The van der Waals surface area contributed by atoms with Crippen LogP contribution in [0.3, 0.4) is 0 Å². The Morgan fingerprint density at radius 3 is 2.76 bits per heavy atom. The molecule has 0 saturated heterocycles. The number of pyridine rings is 1. The molecule has 5 heteroatoms. The number of nitrogens with zero attached hydrogens (tertiary/aromatic N) is 1. The van der Waals surface area contributed by atoms with Crippen LogP contribution in [0.5, 0.6) is 0 Å². The molecule has 0 bridgehead atoms. The predicted molar refractivity (Wildman–Crippen MR) is 63.6 cm³/mol. The van der Waals surface area contributed by atoms with Gasteiger partial charge < -0.3 is 5.32 Å². The Hall–Kier alpha value is -1.94. The second-order valence-electron chi connectivity index (χ2n) is 3.33. The third kappa shape index (κ3) is 3.01. The lowest BCUT2D eigenvalue weighted by Gasteiger charge is -2.04. The van der Waals surface area contributed by atoms with E-state index in [0.29, 0.717) is 16.3 Å². The molecule has 0 aliphatic carbocycles. The number of carbonyl (C=O) groups excluding carboxylic acids is 1. The second-order valence-corrected chi connectivity index (χ2v) is 3.77. The topological polar surface area (TPSA) is 42.0 Å². The zero-order valence-corrected chi connectivity index (χ0v) is 9.41. The first-order chi connectivity index (χ1) is 8.15. The van der Waals surface area contributed by atoms with Gasteiger partial charge in [-0.15, -0.1) is 0 Å². The van der Waals surface area contributed by atoms with Gasteiger partial charge in [0.2, 0.25) is 5.95 Å². The lowest BCUT2D eigenvalue weighted by molar-refractivity contribution is 0.102. The third-order valence-electron chi connectivity index (χ3n) is 2.07. The summed E-state index contributed by atoms with van der Waals surface area (Å²) >= 11 is 5.77. The van der Waals surface area contributed by atoms with Gasteiger partial charge >= 0.3 is 0 Å². The summed E-state index contributed by atoms with van der Waals surface area (Å²) in [4.78, 5) is 15.2. The largest absolute Gasteiger partial charge is 0.321 e. The van der Waals surface area contributed by atoms with Crippen molar-refractivity contribution in [3.05, 3.63) is 59.1 Å². The average molecular weight is 251 g/mol. The number of carbonyl (C=O) groups is 1. The van der Waals surface area contributed by atoms with Crippen molar-refractivity contribution >= 4 is 23.2 Å². The number of nitrogens with one attached hydrogen (secondary N) is 1. The first-order valence-electron chi connectivity index (χ1n) is 4.83. The molecule has 0 atom stereocenters. The summed E-state index contributed by atoms with van der Waals surface area (Å²) in [6.07, 6.45) is 1.25. The monoisotopic (exact) mass is 250 g/mol. The molecule has 86 valence electrons. The zero-order chi connectivity index (χ0) is 12.3. The van der Waals surface area contributed by atoms with Gasteiger partial charge in [-0.1, -0.05) is 17.7 Å². The molecule has 0 unspecified atom stereocenters. The molecular weight excluding hydrogens is 243 g/mol. The highest BCUT2D eigenvalue weighted by molar-refractivity contribution is 6.31. The first kappa shape index (κ1) is 11.5. The molecule has 2 aromatic rings. The van der Waals surface area contributed by atoms with E-state index in [2.05, 4.69) is 10.3 Å². The predicted octanol–water partition coefficient (Wildman–Crippen LogP) is 3.13. The summed E-state index contributed by atoms with van der Waals surface area (Å²) in [6, 6.07) is 9.16.